The van der Waals surface area contributed by atoms with Gasteiger partial charge in [0, 0.05) is 22.8 Å². The second-order valence-electron chi connectivity index (χ2n) is 6.24. The maximum absolute atomic E-state index is 12.8. The highest BCUT2D eigenvalue weighted by molar-refractivity contribution is 5.92. The molecule has 0 unspecified atom stereocenters. The van der Waals surface area contributed by atoms with Gasteiger partial charge in [-0.2, -0.15) is 0 Å². The van der Waals surface area contributed by atoms with Gasteiger partial charge in [0.2, 0.25) is 0 Å². The monoisotopic (exact) mass is 312 g/mol. The molecule has 0 fully saturated rings. The lowest BCUT2D eigenvalue weighted by molar-refractivity contribution is 0.0538. The van der Waals surface area contributed by atoms with Gasteiger partial charge >= 0.3 is 6.09 Å². The number of hydrogen-bond donors (Lipinski definition) is 0. The maximum Gasteiger partial charge on any atom is 0.422 e. The molecule has 0 atom stereocenters. The van der Waals surface area contributed by atoms with Crippen LogP contribution in [0.4, 0.5) is 4.79 Å². The minimum absolute atomic E-state index is 0.300. The molecule has 0 spiro atoms. The van der Waals surface area contributed by atoms with Gasteiger partial charge in [-0.1, -0.05) is 19.2 Å². The molecule has 0 saturated heterocycles. The largest absolute Gasteiger partial charge is 0.443 e. The summed E-state index contributed by atoms with van der Waals surface area (Å²) in [5.41, 5.74) is 0.709. The smallest absolute Gasteiger partial charge is 0.422 e. The highest BCUT2D eigenvalue weighted by atomic mass is 16.6. The molecule has 0 saturated carbocycles. The Hall–Kier alpha value is -2.69. The van der Waals surface area contributed by atoms with Crippen LogP contribution in [-0.4, -0.2) is 21.2 Å². The number of aromatic nitrogens is 2. The van der Waals surface area contributed by atoms with Crippen molar-refractivity contribution < 1.29 is 9.53 Å². The molecule has 120 valence electrons. The molecule has 2 rings (SSSR count). The highest BCUT2D eigenvalue weighted by Gasteiger charge is 2.22. The lowest BCUT2D eigenvalue weighted by Gasteiger charge is -2.21. The van der Waals surface area contributed by atoms with E-state index in [2.05, 4.69) is 18.1 Å². The summed E-state index contributed by atoms with van der Waals surface area (Å²) in [6.07, 6.45) is 2.31. The average Bonchev–Trinajstić information content (AvgIpc) is 2.44. The summed E-state index contributed by atoms with van der Waals surface area (Å²) in [6, 6.07) is 3.30. The number of fused-ring (bicyclic) bond motifs is 1. The molecule has 0 radical (unpaired) electrons. The first-order chi connectivity index (χ1) is 10.7. The van der Waals surface area contributed by atoms with Crippen LogP contribution in [0.3, 0.4) is 0 Å². The van der Waals surface area contributed by atoms with E-state index in [1.54, 1.807) is 39.1 Å². The second kappa shape index (κ2) is 5.83. The normalized spacial score (nSPS) is 11.3. The van der Waals surface area contributed by atoms with E-state index in [1.807, 2.05) is 6.92 Å². The number of allylic oxidation sites excluding steroid dienone is 2. The number of carbonyl (C=O) groups excluding carboxylic acids is 1. The molecular formula is C18H20N2O3. The minimum atomic E-state index is -0.725. The molecule has 5 heteroatoms. The van der Waals surface area contributed by atoms with Gasteiger partial charge in [0.05, 0.1) is 5.52 Å². The van der Waals surface area contributed by atoms with Crippen molar-refractivity contribution >= 4 is 22.6 Å². The van der Waals surface area contributed by atoms with Gasteiger partial charge in [-0.05, 0) is 45.4 Å². The van der Waals surface area contributed by atoms with E-state index in [4.69, 9.17) is 4.74 Å². The number of nitrogens with zero attached hydrogens (tertiary/aromatic N) is 2. The van der Waals surface area contributed by atoms with Crippen molar-refractivity contribution in [1.29, 1.82) is 0 Å². The van der Waals surface area contributed by atoms with Crippen LogP contribution in [-0.2, 0) is 4.74 Å². The standard InChI is InChI=1S/C18H20N2O3/c1-7-11(2)13-10-14-12(3)19-9-8-15(14)20(16(13)21)17(22)23-18(4,5)6/h7-10H,1-2H2,3-6H3. The summed E-state index contributed by atoms with van der Waals surface area (Å²) in [5, 5.41) is 0.691. The Balaban J connectivity index is 2.85. The molecule has 0 N–H and O–H groups in total. The molecule has 0 amide bonds. The zero-order chi connectivity index (χ0) is 17.4. The molecule has 23 heavy (non-hydrogen) atoms. The molecule has 2 aromatic rings. The highest BCUT2D eigenvalue weighted by Crippen LogP contribution is 2.21. The zero-order valence-electron chi connectivity index (χ0n) is 13.8. The van der Waals surface area contributed by atoms with E-state index in [0.29, 0.717) is 27.7 Å². The summed E-state index contributed by atoms with van der Waals surface area (Å²) in [6.45, 7) is 14.5. The lowest BCUT2D eigenvalue weighted by Crippen LogP contribution is -2.35. The number of rotatable bonds is 2. The van der Waals surface area contributed by atoms with Crippen LogP contribution in [0.25, 0.3) is 16.5 Å². The zero-order valence-corrected chi connectivity index (χ0v) is 13.8. The number of hydrogen-bond acceptors (Lipinski definition) is 4. The predicted octanol–water partition coefficient (Wildman–Crippen LogP) is 3.69. The third-order valence-electron chi connectivity index (χ3n) is 3.30. The summed E-state index contributed by atoms with van der Waals surface area (Å²) in [7, 11) is 0. The first-order valence-corrected chi connectivity index (χ1v) is 7.22. The van der Waals surface area contributed by atoms with Crippen LogP contribution >= 0.6 is 0 Å². The summed E-state index contributed by atoms with van der Waals surface area (Å²) < 4.78 is 6.40. The van der Waals surface area contributed by atoms with E-state index in [1.165, 1.54) is 6.08 Å². The van der Waals surface area contributed by atoms with E-state index in [0.717, 1.165) is 4.57 Å². The van der Waals surface area contributed by atoms with Crippen LogP contribution in [0.5, 0.6) is 0 Å². The average molecular weight is 312 g/mol. The molecule has 0 aliphatic carbocycles. The Morgan fingerprint density at radius 1 is 1.39 bits per heavy atom. The van der Waals surface area contributed by atoms with Gasteiger partial charge in [-0.25, -0.2) is 9.36 Å². The first-order valence-electron chi connectivity index (χ1n) is 7.22. The molecule has 5 nitrogen and oxygen atoms in total. The Morgan fingerprint density at radius 3 is 2.61 bits per heavy atom. The van der Waals surface area contributed by atoms with Crippen molar-refractivity contribution in [3.05, 3.63) is 59.2 Å². The van der Waals surface area contributed by atoms with Gasteiger partial charge in [-0.3, -0.25) is 9.78 Å². The number of pyridine rings is 2. The third kappa shape index (κ3) is 3.23. The van der Waals surface area contributed by atoms with Gasteiger partial charge in [0.1, 0.15) is 5.60 Å². The van der Waals surface area contributed by atoms with Gasteiger partial charge < -0.3 is 4.74 Å². The van der Waals surface area contributed by atoms with E-state index in [-0.39, 0.29) is 0 Å². The SMILES string of the molecule is C=CC(=C)c1cc2c(C)nccc2n(C(=O)OC(C)(C)C)c1=O. The fourth-order valence-electron chi connectivity index (χ4n) is 2.20. The van der Waals surface area contributed by atoms with Crippen LogP contribution < -0.4 is 5.56 Å². The van der Waals surface area contributed by atoms with Crippen molar-refractivity contribution in [1.82, 2.24) is 9.55 Å². The summed E-state index contributed by atoms with van der Waals surface area (Å²) >= 11 is 0. The van der Waals surface area contributed by atoms with Crippen LogP contribution in [0.2, 0.25) is 0 Å². The predicted molar refractivity (Wildman–Crippen MR) is 91.6 cm³/mol. The van der Waals surface area contributed by atoms with E-state index < -0.39 is 17.3 Å². The fourth-order valence-corrected chi connectivity index (χ4v) is 2.20. The Kier molecular flexibility index (Phi) is 4.23. The van der Waals surface area contributed by atoms with Crippen molar-refractivity contribution in [2.24, 2.45) is 0 Å². The van der Waals surface area contributed by atoms with Gasteiger partial charge in [-0.15, -0.1) is 0 Å². The molecule has 0 aromatic carbocycles. The van der Waals surface area contributed by atoms with Gasteiger partial charge in [0.15, 0.2) is 0 Å². The minimum Gasteiger partial charge on any atom is -0.443 e. The van der Waals surface area contributed by atoms with Gasteiger partial charge in [0.25, 0.3) is 5.56 Å². The Morgan fingerprint density at radius 2 is 2.04 bits per heavy atom. The molecule has 0 aliphatic heterocycles. The third-order valence-corrected chi connectivity index (χ3v) is 3.30. The van der Waals surface area contributed by atoms with Crippen molar-refractivity contribution in [3.63, 3.8) is 0 Å². The summed E-state index contributed by atoms with van der Waals surface area (Å²) in [4.78, 5) is 29.5. The summed E-state index contributed by atoms with van der Waals surface area (Å²) in [5.74, 6) is 0. The number of ether oxygens (including phenoxy) is 1. The second-order valence-corrected chi connectivity index (χ2v) is 6.24. The van der Waals surface area contributed by atoms with Crippen molar-refractivity contribution in [2.75, 3.05) is 0 Å². The maximum atomic E-state index is 12.8. The van der Waals surface area contributed by atoms with E-state index in [9.17, 15) is 9.59 Å². The Bertz CT molecular complexity index is 870. The number of aryl methyl sites for hydroxylation is 1. The van der Waals surface area contributed by atoms with Crippen LogP contribution in [0.1, 0.15) is 32.0 Å². The van der Waals surface area contributed by atoms with Crippen LogP contribution in [0, 0.1) is 6.92 Å². The van der Waals surface area contributed by atoms with E-state index >= 15 is 0 Å². The van der Waals surface area contributed by atoms with Crippen molar-refractivity contribution in [3.8, 4) is 0 Å². The van der Waals surface area contributed by atoms with Crippen LogP contribution in [0.15, 0.2) is 42.4 Å². The first kappa shape index (κ1) is 16.7. The molecule has 2 aromatic heterocycles. The Labute approximate surface area is 134 Å². The number of carbonyl (C=O) groups is 1. The molecule has 0 bridgehead atoms. The lowest BCUT2D eigenvalue weighted by atomic mass is 10.1. The molecular weight excluding hydrogens is 292 g/mol. The molecule has 0 aliphatic rings. The van der Waals surface area contributed by atoms with Crippen molar-refractivity contribution in [2.45, 2.75) is 33.3 Å². The quantitative estimate of drug-likeness (QED) is 0.794. The topological polar surface area (TPSA) is 61.2 Å². The fraction of sp³-hybridized carbons (Fsp3) is 0.278. The molecule has 2 heterocycles.